The first-order chi connectivity index (χ1) is 14.5. The lowest BCUT2D eigenvalue weighted by Crippen LogP contribution is -2.15. The van der Waals surface area contributed by atoms with Crippen molar-refractivity contribution < 1.29 is 17.9 Å². The highest BCUT2D eigenvalue weighted by molar-refractivity contribution is 5.53. The van der Waals surface area contributed by atoms with Gasteiger partial charge in [0.1, 0.15) is 0 Å². The van der Waals surface area contributed by atoms with E-state index in [2.05, 4.69) is 6.92 Å². The summed E-state index contributed by atoms with van der Waals surface area (Å²) in [5.74, 6) is -0.892. The molecule has 4 rings (SSSR count). The van der Waals surface area contributed by atoms with E-state index in [0.717, 1.165) is 18.8 Å². The molecule has 0 aromatic heterocycles. The van der Waals surface area contributed by atoms with Crippen molar-refractivity contribution in [2.75, 3.05) is 0 Å². The van der Waals surface area contributed by atoms with Crippen LogP contribution in [0, 0.1) is 29.3 Å². The maximum Gasteiger partial charge on any atom is 0.201 e. The minimum absolute atomic E-state index is 0.0660. The van der Waals surface area contributed by atoms with E-state index in [9.17, 15) is 8.78 Å². The van der Waals surface area contributed by atoms with Gasteiger partial charge in [-0.3, -0.25) is 0 Å². The van der Waals surface area contributed by atoms with Crippen LogP contribution in [0.25, 0.3) is 0 Å². The molecule has 1 nitrogen and oxygen atoms in total. The average Bonchev–Trinajstić information content (AvgIpc) is 2.76. The second-order valence-corrected chi connectivity index (χ2v) is 9.04. The monoisotopic (exact) mass is 416 g/mol. The lowest BCUT2D eigenvalue weighted by Gasteiger charge is -2.28. The minimum Gasteiger partial charge on any atom is -0.450 e. The lowest BCUT2D eigenvalue weighted by atomic mass is 9.78. The third-order valence-electron chi connectivity index (χ3n) is 7.04. The van der Waals surface area contributed by atoms with Crippen LogP contribution in [0.4, 0.5) is 13.2 Å². The molecule has 4 heteroatoms. The molecule has 162 valence electrons. The number of fused-ring (bicyclic) bond motifs is 2. The van der Waals surface area contributed by atoms with Crippen molar-refractivity contribution in [1.29, 1.82) is 0 Å². The van der Waals surface area contributed by atoms with E-state index in [-0.39, 0.29) is 11.5 Å². The van der Waals surface area contributed by atoms with Gasteiger partial charge in [-0.2, -0.15) is 4.39 Å². The Morgan fingerprint density at radius 2 is 1.50 bits per heavy atom. The Hall–Kier alpha value is -1.97. The zero-order valence-corrected chi connectivity index (χ0v) is 18.0. The number of ether oxygens (including phenoxy) is 1. The summed E-state index contributed by atoms with van der Waals surface area (Å²) in [6.07, 6.45) is 9.42. The molecule has 0 N–H and O–H groups in total. The van der Waals surface area contributed by atoms with E-state index < -0.39 is 17.5 Å². The molecule has 0 bridgehead atoms. The Bertz CT molecular complexity index is 913. The molecule has 1 aliphatic heterocycles. The summed E-state index contributed by atoms with van der Waals surface area (Å²) in [5.41, 5.74) is 2.25. The van der Waals surface area contributed by atoms with E-state index in [1.54, 1.807) is 6.07 Å². The van der Waals surface area contributed by atoms with Crippen LogP contribution in [0.15, 0.2) is 18.2 Å². The van der Waals surface area contributed by atoms with Crippen molar-refractivity contribution in [2.45, 2.75) is 78.1 Å². The summed E-state index contributed by atoms with van der Waals surface area (Å²) in [5, 5.41) is 0. The Morgan fingerprint density at radius 3 is 2.20 bits per heavy atom. The first-order valence-corrected chi connectivity index (χ1v) is 11.5. The van der Waals surface area contributed by atoms with Crippen LogP contribution in [0.3, 0.4) is 0 Å². The van der Waals surface area contributed by atoms with Crippen molar-refractivity contribution in [3.05, 3.63) is 57.9 Å². The highest BCUT2D eigenvalue weighted by Crippen LogP contribution is 2.42. The number of hydrogen-bond donors (Lipinski definition) is 0. The van der Waals surface area contributed by atoms with E-state index in [1.807, 2.05) is 19.1 Å². The Balaban J connectivity index is 1.51. The van der Waals surface area contributed by atoms with Gasteiger partial charge >= 0.3 is 0 Å². The van der Waals surface area contributed by atoms with Crippen molar-refractivity contribution in [3.63, 3.8) is 0 Å². The Kier molecular flexibility index (Phi) is 6.40. The van der Waals surface area contributed by atoms with Gasteiger partial charge in [-0.15, -0.1) is 0 Å². The number of aryl methyl sites for hydroxylation is 2. The van der Waals surface area contributed by atoms with Crippen LogP contribution in [-0.4, -0.2) is 0 Å². The summed E-state index contributed by atoms with van der Waals surface area (Å²) in [7, 11) is 0. The highest BCUT2D eigenvalue weighted by atomic mass is 19.2. The fourth-order valence-electron chi connectivity index (χ4n) is 5.09. The van der Waals surface area contributed by atoms with Crippen molar-refractivity contribution in [2.24, 2.45) is 11.8 Å². The number of halogens is 3. The van der Waals surface area contributed by atoms with Gasteiger partial charge in [-0.1, -0.05) is 64.5 Å². The molecule has 1 aliphatic carbocycles. The summed E-state index contributed by atoms with van der Waals surface area (Å²) in [4.78, 5) is 0. The average molecular weight is 417 g/mol. The highest BCUT2D eigenvalue weighted by Gasteiger charge is 2.28. The smallest absolute Gasteiger partial charge is 0.201 e. The number of rotatable bonds is 6. The van der Waals surface area contributed by atoms with Crippen LogP contribution >= 0.6 is 0 Å². The molecule has 0 spiro atoms. The van der Waals surface area contributed by atoms with Gasteiger partial charge in [0, 0.05) is 17.5 Å². The summed E-state index contributed by atoms with van der Waals surface area (Å²) >= 11 is 0. The van der Waals surface area contributed by atoms with E-state index >= 15 is 4.39 Å². The standard InChI is InChI=1S/C26H31F3O/c1-3-5-19-14-21-15-20-13-12-18(11-10-17-8-6-16(4-2)7-9-17)23(28)25(20)30-26(21)24(29)22(19)27/h12-14,16-17H,3-11,15H2,1-2H3. The third kappa shape index (κ3) is 4.10. The van der Waals surface area contributed by atoms with Crippen LogP contribution < -0.4 is 4.74 Å². The van der Waals surface area contributed by atoms with Crippen molar-refractivity contribution in [3.8, 4) is 11.5 Å². The van der Waals surface area contributed by atoms with Gasteiger partial charge in [-0.25, -0.2) is 8.78 Å². The van der Waals surface area contributed by atoms with E-state index in [4.69, 9.17) is 4.74 Å². The molecule has 2 aliphatic rings. The third-order valence-corrected chi connectivity index (χ3v) is 7.04. The molecule has 1 heterocycles. The summed E-state index contributed by atoms with van der Waals surface area (Å²) in [6.45, 7) is 4.18. The SMILES string of the molecule is CCCc1cc2c(c(F)c1F)Oc1c(ccc(CCC3CCC(CC)CC3)c1F)C2. The van der Waals surface area contributed by atoms with Crippen LogP contribution in [0.2, 0.25) is 0 Å². The first kappa shape index (κ1) is 21.3. The molecule has 0 radical (unpaired) electrons. The van der Waals surface area contributed by atoms with Gasteiger partial charge in [0.05, 0.1) is 0 Å². The molecule has 2 aromatic carbocycles. The van der Waals surface area contributed by atoms with Crippen LogP contribution in [0.1, 0.15) is 81.0 Å². The molecule has 0 amide bonds. The summed E-state index contributed by atoms with van der Waals surface area (Å²) < 4.78 is 49.8. The first-order valence-electron chi connectivity index (χ1n) is 11.5. The quantitative estimate of drug-likeness (QED) is 0.397. The van der Waals surface area contributed by atoms with Gasteiger partial charge in [0.2, 0.25) is 5.82 Å². The molecular weight excluding hydrogens is 385 g/mol. The fraction of sp³-hybridized carbons (Fsp3) is 0.538. The van der Waals surface area contributed by atoms with Crippen LogP contribution in [-0.2, 0) is 19.3 Å². The number of benzene rings is 2. The molecule has 1 fully saturated rings. The second-order valence-electron chi connectivity index (χ2n) is 9.04. The Labute approximate surface area is 177 Å². The van der Waals surface area contributed by atoms with Gasteiger partial charge in [-0.05, 0) is 48.3 Å². The normalized spacial score (nSPS) is 20.4. The molecule has 0 unspecified atom stereocenters. The van der Waals surface area contributed by atoms with Gasteiger partial charge < -0.3 is 4.74 Å². The second kappa shape index (κ2) is 9.03. The van der Waals surface area contributed by atoms with E-state index in [1.165, 1.54) is 32.1 Å². The topological polar surface area (TPSA) is 9.23 Å². The minimum atomic E-state index is -1.00. The maximum atomic E-state index is 15.2. The fourth-order valence-corrected chi connectivity index (χ4v) is 5.09. The number of hydrogen-bond acceptors (Lipinski definition) is 1. The van der Waals surface area contributed by atoms with Crippen molar-refractivity contribution in [1.82, 2.24) is 0 Å². The lowest BCUT2D eigenvalue weighted by molar-refractivity contribution is 0.258. The zero-order chi connectivity index (χ0) is 21.3. The van der Waals surface area contributed by atoms with E-state index in [0.29, 0.717) is 47.4 Å². The maximum absolute atomic E-state index is 15.2. The molecule has 0 saturated heterocycles. The largest absolute Gasteiger partial charge is 0.450 e. The molecule has 0 atom stereocenters. The molecule has 1 saturated carbocycles. The predicted molar refractivity (Wildman–Crippen MR) is 114 cm³/mol. The van der Waals surface area contributed by atoms with Gasteiger partial charge in [0.15, 0.2) is 23.1 Å². The molecule has 2 aromatic rings. The van der Waals surface area contributed by atoms with Gasteiger partial charge in [0.25, 0.3) is 0 Å². The van der Waals surface area contributed by atoms with Crippen molar-refractivity contribution >= 4 is 0 Å². The van der Waals surface area contributed by atoms with Crippen LogP contribution in [0.5, 0.6) is 11.5 Å². The predicted octanol–water partition coefficient (Wildman–Crippen LogP) is 7.90. The Morgan fingerprint density at radius 1 is 0.800 bits per heavy atom. The zero-order valence-electron chi connectivity index (χ0n) is 18.0. The summed E-state index contributed by atoms with van der Waals surface area (Å²) in [6, 6.07) is 5.39. The molecular formula is C26H31F3O. The molecule has 30 heavy (non-hydrogen) atoms.